The van der Waals surface area contributed by atoms with E-state index in [-0.39, 0.29) is 11.2 Å². The van der Waals surface area contributed by atoms with E-state index < -0.39 is 15.1 Å². The topological polar surface area (TPSA) is 51.2 Å². The summed E-state index contributed by atoms with van der Waals surface area (Å²) >= 11 is 0. The third-order valence-corrected chi connectivity index (χ3v) is 5.34. The molecule has 0 aliphatic rings. The van der Waals surface area contributed by atoms with Crippen molar-refractivity contribution in [3.8, 4) is 0 Å². The van der Waals surface area contributed by atoms with Gasteiger partial charge in [0.25, 0.3) is 0 Å². The molecule has 0 N–H and O–H groups in total. The number of Topliss-reactive ketones (excluding diaryl/α,β-unsaturated/α-hetero) is 1. The summed E-state index contributed by atoms with van der Waals surface area (Å²) < 4.78 is 22.8. The van der Waals surface area contributed by atoms with Gasteiger partial charge in [-0.15, -0.1) is 0 Å². The standard InChI is InChI=1S/C15H22O3S/c1-6-15(3,4)13-9-7-12(8-10-13)14(16)11(2)19(5,17)18/h7-11H,6H2,1-5H3. The minimum Gasteiger partial charge on any atom is -0.293 e. The van der Waals surface area contributed by atoms with Gasteiger partial charge in [0.15, 0.2) is 15.6 Å². The highest BCUT2D eigenvalue weighted by Crippen LogP contribution is 2.27. The molecular weight excluding hydrogens is 260 g/mol. The van der Waals surface area contributed by atoms with Crippen LogP contribution in [0.25, 0.3) is 0 Å². The van der Waals surface area contributed by atoms with Crippen LogP contribution in [-0.2, 0) is 15.3 Å². The van der Waals surface area contributed by atoms with Crippen molar-refractivity contribution >= 4 is 15.6 Å². The fourth-order valence-electron chi connectivity index (χ4n) is 1.72. The van der Waals surface area contributed by atoms with Crippen LogP contribution in [-0.4, -0.2) is 25.7 Å². The van der Waals surface area contributed by atoms with Crippen molar-refractivity contribution in [1.29, 1.82) is 0 Å². The Morgan fingerprint density at radius 1 is 1.21 bits per heavy atom. The maximum Gasteiger partial charge on any atom is 0.180 e. The first-order valence-corrected chi connectivity index (χ1v) is 8.38. The molecule has 1 aromatic rings. The van der Waals surface area contributed by atoms with Gasteiger partial charge < -0.3 is 0 Å². The Kier molecular flexibility index (Phi) is 4.56. The lowest BCUT2D eigenvalue weighted by molar-refractivity contribution is 0.0991. The highest BCUT2D eigenvalue weighted by Gasteiger charge is 2.25. The molecule has 0 bridgehead atoms. The summed E-state index contributed by atoms with van der Waals surface area (Å²) in [6, 6.07) is 7.25. The Labute approximate surface area is 116 Å². The Bertz CT molecular complexity index is 554. The van der Waals surface area contributed by atoms with E-state index in [0.717, 1.165) is 18.2 Å². The number of carbonyl (C=O) groups excluding carboxylic acids is 1. The molecule has 4 heteroatoms. The van der Waals surface area contributed by atoms with Gasteiger partial charge in [-0.3, -0.25) is 4.79 Å². The lowest BCUT2D eigenvalue weighted by Crippen LogP contribution is -2.26. The van der Waals surface area contributed by atoms with E-state index in [1.165, 1.54) is 6.92 Å². The maximum absolute atomic E-state index is 12.0. The number of benzene rings is 1. The summed E-state index contributed by atoms with van der Waals surface area (Å²) in [5.41, 5.74) is 1.66. The fraction of sp³-hybridized carbons (Fsp3) is 0.533. The van der Waals surface area contributed by atoms with Crippen LogP contribution < -0.4 is 0 Å². The summed E-state index contributed by atoms with van der Waals surface area (Å²) in [4.78, 5) is 12.0. The van der Waals surface area contributed by atoms with Crippen molar-refractivity contribution in [2.24, 2.45) is 0 Å². The second-order valence-electron chi connectivity index (χ2n) is 5.65. The van der Waals surface area contributed by atoms with Crippen molar-refractivity contribution in [1.82, 2.24) is 0 Å². The molecule has 0 spiro atoms. The lowest BCUT2D eigenvalue weighted by Gasteiger charge is -2.23. The molecule has 19 heavy (non-hydrogen) atoms. The fourth-order valence-corrected chi connectivity index (χ4v) is 2.24. The first-order chi connectivity index (χ1) is 8.59. The van der Waals surface area contributed by atoms with Crippen molar-refractivity contribution in [3.05, 3.63) is 35.4 Å². The monoisotopic (exact) mass is 282 g/mol. The second-order valence-corrected chi connectivity index (χ2v) is 8.02. The average Bonchev–Trinajstić information content (AvgIpc) is 2.36. The van der Waals surface area contributed by atoms with Crippen LogP contribution in [0.4, 0.5) is 0 Å². The lowest BCUT2D eigenvalue weighted by atomic mass is 9.82. The Hall–Kier alpha value is -1.16. The van der Waals surface area contributed by atoms with Crippen LogP contribution >= 0.6 is 0 Å². The van der Waals surface area contributed by atoms with Gasteiger partial charge in [-0.1, -0.05) is 45.0 Å². The number of rotatable bonds is 5. The molecule has 0 saturated carbocycles. The molecule has 0 aliphatic carbocycles. The van der Waals surface area contributed by atoms with E-state index in [9.17, 15) is 13.2 Å². The smallest absolute Gasteiger partial charge is 0.180 e. The van der Waals surface area contributed by atoms with E-state index in [2.05, 4.69) is 20.8 Å². The summed E-state index contributed by atoms with van der Waals surface area (Å²) in [5, 5.41) is -0.988. The molecule has 1 atom stereocenters. The van der Waals surface area contributed by atoms with Crippen LogP contribution in [0.2, 0.25) is 0 Å². The largest absolute Gasteiger partial charge is 0.293 e. The van der Waals surface area contributed by atoms with Gasteiger partial charge in [-0.2, -0.15) is 0 Å². The molecule has 0 saturated heterocycles. The van der Waals surface area contributed by atoms with Crippen molar-refractivity contribution in [3.63, 3.8) is 0 Å². The predicted octanol–water partition coefficient (Wildman–Crippen LogP) is 2.99. The highest BCUT2D eigenvalue weighted by molar-refractivity contribution is 7.92. The molecule has 0 radical (unpaired) electrons. The molecule has 3 nitrogen and oxygen atoms in total. The molecule has 106 valence electrons. The van der Waals surface area contributed by atoms with Crippen molar-refractivity contribution in [2.45, 2.75) is 44.8 Å². The zero-order valence-corrected chi connectivity index (χ0v) is 13.0. The Morgan fingerprint density at radius 3 is 2.05 bits per heavy atom. The van der Waals surface area contributed by atoms with Crippen molar-refractivity contribution < 1.29 is 13.2 Å². The molecule has 0 amide bonds. The predicted molar refractivity (Wildman–Crippen MR) is 78.4 cm³/mol. The zero-order chi connectivity index (χ0) is 14.8. The van der Waals surface area contributed by atoms with Crippen LogP contribution in [0.1, 0.15) is 50.0 Å². The maximum atomic E-state index is 12.0. The minimum absolute atomic E-state index is 0.0595. The molecule has 1 aromatic carbocycles. The summed E-state index contributed by atoms with van der Waals surface area (Å²) in [6.45, 7) is 7.83. The number of hydrogen-bond donors (Lipinski definition) is 0. The summed E-state index contributed by atoms with van der Waals surface area (Å²) in [7, 11) is -3.34. The minimum atomic E-state index is -3.34. The quantitative estimate of drug-likeness (QED) is 0.780. The number of carbonyl (C=O) groups is 1. The van der Waals surface area contributed by atoms with Gasteiger partial charge in [0.05, 0.1) is 0 Å². The van der Waals surface area contributed by atoms with Gasteiger partial charge in [0.2, 0.25) is 0 Å². The van der Waals surface area contributed by atoms with Gasteiger partial charge >= 0.3 is 0 Å². The molecule has 0 aliphatic heterocycles. The third-order valence-electron chi connectivity index (χ3n) is 3.85. The van der Waals surface area contributed by atoms with Gasteiger partial charge in [0.1, 0.15) is 5.25 Å². The van der Waals surface area contributed by atoms with Gasteiger partial charge in [-0.05, 0) is 24.3 Å². The SMILES string of the molecule is CCC(C)(C)c1ccc(C(=O)C(C)S(C)(=O)=O)cc1. The second kappa shape index (κ2) is 5.45. The first-order valence-electron chi connectivity index (χ1n) is 6.43. The van der Waals surface area contributed by atoms with E-state index >= 15 is 0 Å². The average molecular weight is 282 g/mol. The molecule has 0 heterocycles. The Balaban J connectivity index is 3.04. The summed E-state index contributed by atoms with van der Waals surface area (Å²) in [6.07, 6.45) is 2.09. The third kappa shape index (κ3) is 3.66. The number of hydrogen-bond acceptors (Lipinski definition) is 3. The molecule has 0 fully saturated rings. The molecule has 1 rings (SSSR count). The molecular formula is C15H22O3S. The molecule has 1 unspecified atom stereocenters. The van der Waals surface area contributed by atoms with Crippen LogP contribution in [0.15, 0.2) is 24.3 Å². The van der Waals surface area contributed by atoms with E-state index in [0.29, 0.717) is 5.56 Å². The van der Waals surface area contributed by atoms with E-state index in [1.807, 2.05) is 12.1 Å². The van der Waals surface area contributed by atoms with Crippen LogP contribution in [0.3, 0.4) is 0 Å². The first kappa shape index (κ1) is 15.9. The van der Waals surface area contributed by atoms with Crippen LogP contribution in [0, 0.1) is 0 Å². The number of ketones is 1. The summed E-state index contributed by atoms with van der Waals surface area (Å²) in [5.74, 6) is -0.344. The molecule has 0 aromatic heterocycles. The van der Waals surface area contributed by atoms with E-state index in [1.54, 1.807) is 12.1 Å². The number of sulfone groups is 1. The normalized spacial score (nSPS) is 14.2. The van der Waals surface area contributed by atoms with Crippen molar-refractivity contribution in [2.75, 3.05) is 6.26 Å². The van der Waals surface area contributed by atoms with Gasteiger partial charge in [-0.25, -0.2) is 8.42 Å². The zero-order valence-electron chi connectivity index (χ0n) is 12.2. The Morgan fingerprint density at radius 2 is 1.68 bits per heavy atom. The van der Waals surface area contributed by atoms with E-state index in [4.69, 9.17) is 0 Å². The van der Waals surface area contributed by atoms with Gasteiger partial charge in [0, 0.05) is 11.8 Å². The highest BCUT2D eigenvalue weighted by atomic mass is 32.2. The van der Waals surface area contributed by atoms with Crippen LogP contribution in [0.5, 0.6) is 0 Å².